The second-order valence-electron chi connectivity index (χ2n) is 4.45. The number of carbonyl (C=O) groups excluding carboxylic acids is 1. The molecule has 4 heteroatoms. The fourth-order valence-electron chi connectivity index (χ4n) is 2.27. The Balaban J connectivity index is 2.13. The monoisotopic (exact) mass is 273 g/mol. The lowest BCUT2D eigenvalue weighted by Crippen LogP contribution is -2.04. The molecule has 0 fully saturated rings. The van der Waals surface area contributed by atoms with Crippen molar-refractivity contribution in [3.8, 4) is 0 Å². The van der Waals surface area contributed by atoms with Crippen LogP contribution in [-0.4, -0.2) is 18.1 Å². The van der Waals surface area contributed by atoms with Gasteiger partial charge in [0.05, 0.1) is 13.5 Å². The molecule has 0 aliphatic rings. The number of aromatic amines is 1. The third-order valence-electron chi connectivity index (χ3n) is 3.20. The molecule has 0 bridgehead atoms. The Morgan fingerprint density at radius 2 is 2.00 bits per heavy atom. The maximum Gasteiger partial charge on any atom is 0.309 e. The van der Waals surface area contributed by atoms with Crippen LogP contribution in [0.1, 0.15) is 5.56 Å². The van der Waals surface area contributed by atoms with Crippen LogP contribution in [0.3, 0.4) is 0 Å². The predicted octanol–water partition coefficient (Wildman–Crippen LogP) is 3.69. The van der Waals surface area contributed by atoms with Gasteiger partial charge < -0.3 is 9.72 Å². The van der Waals surface area contributed by atoms with E-state index in [0.717, 1.165) is 27.4 Å². The van der Waals surface area contributed by atoms with Gasteiger partial charge >= 0.3 is 5.97 Å². The highest BCUT2D eigenvalue weighted by molar-refractivity contribution is 6.31. The van der Waals surface area contributed by atoms with Crippen LogP contribution in [0.25, 0.3) is 21.8 Å². The second kappa shape index (κ2) is 4.59. The van der Waals surface area contributed by atoms with Crippen LogP contribution in [-0.2, 0) is 16.0 Å². The van der Waals surface area contributed by atoms with Gasteiger partial charge in [-0.15, -0.1) is 0 Å². The van der Waals surface area contributed by atoms with Crippen molar-refractivity contribution in [1.82, 2.24) is 4.98 Å². The van der Waals surface area contributed by atoms with Crippen LogP contribution >= 0.6 is 11.6 Å². The Labute approximate surface area is 115 Å². The molecule has 3 aromatic rings. The summed E-state index contributed by atoms with van der Waals surface area (Å²) >= 11 is 6.02. The van der Waals surface area contributed by atoms with E-state index in [0.29, 0.717) is 5.02 Å². The van der Waals surface area contributed by atoms with Crippen molar-refractivity contribution in [2.45, 2.75) is 6.42 Å². The minimum absolute atomic E-state index is 0.237. The minimum atomic E-state index is -0.237. The minimum Gasteiger partial charge on any atom is -0.469 e. The molecule has 2 aromatic carbocycles. The van der Waals surface area contributed by atoms with E-state index in [1.54, 1.807) is 0 Å². The van der Waals surface area contributed by atoms with E-state index in [9.17, 15) is 4.79 Å². The highest BCUT2D eigenvalue weighted by atomic mass is 35.5. The van der Waals surface area contributed by atoms with Gasteiger partial charge in [0.25, 0.3) is 0 Å². The standard InChI is InChI=1S/C15H12ClNO2/c1-19-15(18)7-9-2-4-11-12-8-10(16)3-5-13(12)17-14(11)6-9/h2-6,8,17H,7H2,1H3. The quantitative estimate of drug-likeness (QED) is 0.724. The van der Waals surface area contributed by atoms with Crippen LogP contribution in [0.5, 0.6) is 0 Å². The molecule has 96 valence electrons. The molecule has 3 nitrogen and oxygen atoms in total. The lowest BCUT2D eigenvalue weighted by atomic mass is 10.1. The molecule has 0 unspecified atom stereocenters. The van der Waals surface area contributed by atoms with Crippen molar-refractivity contribution in [3.05, 3.63) is 47.0 Å². The summed E-state index contributed by atoms with van der Waals surface area (Å²) in [5.74, 6) is -0.237. The van der Waals surface area contributed by atoms with E-state index < -0.39 is 0 Å². The molecule has 0 spiro atoms. The molecular formula is C15H12ClNO2. The fraction of sp³-hybridized carbons (Fsp3) is 0.133. The number of methoxy groups -OCH3 is 1. The number of aromatic nitrogens is 1. The zero-order valence-electron chi connectivity index (χ0n) is 10.4. The Hall–Kier alpha value is -2.00. The van der Waals surface area contributed by atoms with E-state index >= 15 is 0 Å². The van der Waals surface area contributed by atoms with Crippen molar-refractivity contribution in [1.29, 1.82) is 0 Å². The maximum atomic E-state index is 11.3. The number of benzene rings is 2. The molecule has 0 saturated heterocycles. The van der Waals surface area contributed by atoms with Gasteiger partial charge in [0, 0.05) is 26.8 Å². The van der Waals surface area contributed by atoms with Gasteiger partial charge in [-0.2, -0.15) is 0 Å². The van der Waals surface area contributed by atoms with Gasteiger partial charge in [-0.1, -0.05) is 23.7 Å². The number of hydrogen-bond acceptors (Lipinski definition) is 2. The Morgan fingerprint density at radius 3 is 2.79 bits per heavy atom. The topological polar surface area (TPSA) is 42.1 Å². The number of nitrogens with one attached hydrogen (secondary N) is 1. The first-order valence-corrected chi connectivity index (χ1v) is 6.32. The van der Waals surface area contributed by atoms with Crippen molar-refractivity contribution < 1.29 is 9.53 Å². The molecule has 0 aliphatic carbocycles. The molecule has 19 heavy (non-hydrogen) atoms. The van der Waals surface area contributed by atoms with E-state index in [4.69, 9.17) is 11.6 Å². The number of rotatable bonds is 2. The first-order valence-electron chi connectivity index (χ1n) is 5.94. The summed E-state index contributed by atoms with van der Waals surface area (Å²) in [4.78, 5) is 14.6. The molecular weight excluding hydrogens is 262 g/mol. The lowest BCUT2D eigenvalue weighted by Gasteiger charge is -2.00. The van der Waals surface area contributed by atoms with Crippen molar-refractivity contribution >= 4 is 39.4 Å². The third kappa shape index (κ3) is 2.17. The van der Waals surface area contributed by atoms with Gasteiger partial charge in [0.2, 0.25) is 0 Å². The largest absolute Gasteiger partial charge is 0.469 e. The van der Waals surface area contributed by atoms with Crippen molar-refractivity contribution in [3.63, 3.8) is 0 Å². The number of carbonyl (C=O) groups is 1. The zero-order valence-corrected chi connectivity index (χ0v) is 11.1. The van der Waals surface area contributed by atoms with Crippen LogP contribution < -0.4 is 0 Å². The molecule has 0 amide bonds. The van der Waals surface area contributed by atoms with Crippen molar-refractivity contribution in [2.75, 3.05) is 7.11 Å². The summed E-state index contributed by atoms with van der Waals surface area (Å²) in [5, 5.41) is 2.91. The summed E-state index contributed by atoms with van der Waals surface area (Å²) < 4.78 is 4.67. The molecule has 3 rings (SSSR count). The molecule has 1 aromatic heterocycles. The first-order chi connectivity index (χ1) is 9.17. The fourth-order valence-corrected chi connectivity index (χ4v) is 2.44. The summed E-state index contributed by atoms with van der Waals surface area (Å²) in [5.41, 5.74) is 2.96. The van der Waals surface area contributed by atoms with Gasteiger partial charge in [0.15, 0.2) is 0 Å². The second-order valence-corrected chi connectivity index (χ2v) is 4.88. The predicted molar refractivity (Wildman–Crippen MR) is 76.5 cm³/mol. The molecule has 0 aliphatic heterocycles. The number of H-pyrrole nitrogens is 1. The van der Waals surface area contributed by atoms with Crippen LogP contribution in [0.4, 0.5) is 0 Å². The number of fused-ring (bicyclic) bond motifs is 3. The first kappa shape index (κ1) is 12.1. The molecule has 0 radical (unpaired) electrons. The number of esters is 1. The van der Waals surface area contributed by atoms with Gasteiger partial charge in [-0.05, 0) is 29.8 Å². The van der Waals surface area contributed by atoms with Crippen LogP contribution in [0, 0.1) is 0 Å². The maximum absolute atomic E-state index is 11.3. The zero-order chi connectivity index (χ0) is 13.4. The van der Waals surface area contributed by atoms with Crippen LogP contribution in [0.15, 0.2) is 36.4 Å². The molecule has 0 saturated carbocycles. The van der Waals surface area contributed by atoms with Crippen molar-refractivity contribution in [2.24, 2.45) is 0 Å². The normalized spacial score (nSPS) is 11.1. The Bertz CT molecular complexity index is 776. The lowest BCUT2D eigenvalue weighted by molar-refractivity contribution is -0.139. The highest BCUT2D eigenvalue weighted by Crippen LogP contribution is 2.28. The Morgan fingerprint density at radius 1 is 1.16 bits per heavy atom. The summed E-state index contributed by atoms with van der Waals surface area (Å²) in [6.07, 6.45) is 0.280. The number of halogens is 1. The molecule has 1 N–H and O–H groups in total. The molecule has 0 atom stereocenters. The van der Waals surface area contributed by atoms with Gasteiger partial charge in [-0.3, -0.25) is 4.79 Å². The smallest absolute Gasteiger partial charge is 0.309 e. The third-order valence-corrected chi connectivity index (χ3v) is 3.44. The highest BCUT2D eigenvalue weighted by Gasteiger charge is 2.08. The summed E-state index contributed by atoms with van der Waals surface area (Å²) in [7, 11) is 1.39. The summed E-state index contributed by atoms with van der Waals surface area (Å²) in [6, 6.07) is 11.7. The number of ether oxygens (including phenoxy) is 1. The van der Waals surface area contributed by atoms with Gasteiger partial charge in [-0.25, -0.2) is 0 Å². The van der Waals surface area contributed by atoms with E-state index in [1.165, 1.54) is 7.11 Å². The van der Waals surface area contributed by atoms with Crippen LogP contribution in [0.2, 0.25) is 5.02 Å². The SMILES string of the molecule is COC(=O)Cc1ccc2c(c1)[nH]c1ccc(Cl)cc12. The molecule has 1 heterocycles. The summed E-state index contributed by atoms with van der Waals surface area (Å²) in [6.45, 7) is 0. The number of hydrogen-bond donors (Lipinski definition) is 1. The van der Waals surface area contributed by atoms with Gasteiger partial charge in [0.1, 0.15) is 0 Å². The van der Waals surface area contributed by atoms with E-state index in [2.05, 4.69) is 9.72 Å². The average Bonchev–Trinajstić information content (AvgIpc) is 2.75. The van der Waals surface area contributed by atoms with E-state index in [1.807, 2.05) is 36.4 Å². The average molecular weight is 274 g/mol. The van der Waals surface area contributed by atoms with E-state index in [-0.39, 0.29) is 12.4 Å². The Kier molecular flexibility index (Phi) is 2.91.